The highest BCUT2D eigenvalue weighted by Gasteiger charge is 2.09. The molecule has 0 aliphatic rings. The highest BCUT2D eigenvalue weighted by molar-refractivity contribution is 5.87. The van der Waals surface area contributed by atoms with Crippen LogP contribution in [0.4, 0.5) is 0 Å². The number of carbonyl (C=O) groups is 1. The maximum absolute atomic E-state index is 11.1. The molecule has 0 saturated heterocycles. The number of benzene rings is 2. The van der Waals surface area contributed by atoms with Gasteiger partial charge >= 0.3 is 5.97 Å². The number of carbonyl (C=O) groups excluding carboxylic acids is 1. The van der Waals surface area contributed by atoms with E-state index in [4.69, 9.17) is 4.74 Å². The lowest BCUT2D eigenvalue weighted by atomic mass is 10.0. The lowest BCUT2D eigenvalue weighted by Crippen LogP contribution is -2.11. The van der Waals surface area contributed by atoms with Crippen molar-refractivity contribution in [1.29, 1.82) is 0 Å². The van der Waals surface area contributed by atoms with Crippen molar-refractivity contribution in [3.63, 3.8) is 0 Å². The van der Waals surface area contributed by atoms with E-state index in [0.29, 0.717) is 6.61 Å². The van der Waals surface area contributed by atoms with E-state index in [-0.39, 0.29) is 12.4 Å². The van der Waals surface area contributed by atoms with Gasteiger partial charge in [0.05, 0.1) is 20.1 Å². The third kappa shape index (κ3) is 3.27. The van der Waals surface area contributed by atoms with Crippen LogP contribution in [0, 0.1) is 0 Å². The molecule has 0 fully saturated rings. The molecule has 0 aliphatic carbocycles. The molecule has 0 atom stereocenters. The molecule has 0 radical (unpaired) electrons. The standard InChI is InChI=1S/C16H19NO3/c1-17-11-14-13-6-4-3-5-12(13)7-8-15(14)20-10-9-16(18)19-2/h3-8,17H,9-11H2,1-2H3. The van der Waals surface area contributed by atoms with E-state index in [1.165, 1.54) is 12.5 Å². The third-order valence-electron chi connectivity index (χ3n) is 3.14. The lowest BCUT2D eigenvalue weighted by molar-refractivity contribution is -0.141. The van der Waals surface area contributed by atoms with Crippen molar-refractivity contribution >= 4 is 16.7 Å². The van der Waals surface area contributed by atoms with Crippen LogP contribution in [0.25, 0.3) is 10.8 Å². The van der Waals surface area contributed by atoms with Gasteiger partial charge in [0.15, 0.2) is 0 Å². The van der Waals surface area contributed by atoms with Crippen LogP contribution in [0.1, 0.15) is 12.0 Å². The van der Waals surface area contributed by atoms with Gasteiger partial charge in [-0.2, -0.15) is 0 Å². The Hall–Kier alpha value is -2.07. The molecule has 0 unspecified atom stereocenters. The van der Waals surface area contributed by atoms with E-state index in [1.54, 1.807) is 0 Å². The molecule has 1 N–H and O–H groups in total. The number of fused-ring (bicyclic) bond motifs is 1. The highest BCUT2D eigenvalue weighted by atomic mass is 16.5. The second-order valence-electron chi connectivity index (χ2n) is 4.47. The number of methoxy groups -OCH3 is 1. The van der Waals surface area contributed by atoms with Crippen LogP contribution in [0.2, 0.25) is 0 Å². The normalized spacial score (nSPS) is 10.5. The van der Waals surface area contributed by atoms with E-state index >= 15 is 0 Å². The summed E-state index contributed by atoms with van der Waals surface area (Å²) >= 11 is 0. The van der Waals surface area contributed by atoms with Crippen molar-refractivity contribution < 1.29 is 14.3 Å². The zero-order valence-electron chi connectivity index (χ0n) is 11.8. The second-order valence-corrected chi connectivity index (χ2v) is 4.47. The van der Waals surface area contributed by atoms with Crippen LogP contribution in [-0.2, 0) is 16.1 Å². The fraction of sp³-hybridized carbons (Fsp3) is 0.312. The summed E-state index contributed by atoms with van der Waals surface area (Å²) in [6, 6.07) is 12.2. The Balaban J connectivity index is 2.23. The largest absolute Gasteiger partial charge is 0.493 e. The molecule has 0 aromatic heterocycles. The minimum Gasteiger partial charge on any atom is -0.493 e. The van der Waals surface area contributed by atoms with Crippen LogP contribution in [-0.4, -0.2) is 26.7 Å². The number of hydrogen-bond donors (Lipinski definition) is 1. The zero-order chi connectivity index (χ0) is 14.4. The SMILES string of the molecule is CNCc1c(OCCC(=O)OC)ccc2ccccc12. The summed E-state index contributed by atoms with van der Waals surface area (Å²) in [5.41, 5.74) is 1.11. The van der Waals surface area contributed by atoms with E-state index in [2.05, 4.69) is 22.2 Å². The summed E-state index contributed by atoms with van der Waals surface area (Å²) in [6.45, 7) is 1.04. The van der Waals surface area contributed by atoms with Crippen LogP contribution < -0.4 is 10.1 Å². The molecule has 2 aromatic carbocycles. The van der Waals surface area contributed by atoms with Crippen molar-refractivity contribution in [3.05, 3.63) is 42.0 Å². The maximum atomic E-state index is 11.1. The van der Waals surface area contributed by atoms with Gasteiger partial charge in [0.25, 0.3) is 0 Å². The monoisotopic (exact) mass is 273 g/mol. The zero-order valence-corrected chi connectivity index (χ0v) is 11.8. The molecule has 106 valence electrons. The Labute approximate surface area is 118 Å². The quantitative estimate of drug-likeness (QED) is 0.821. The van der Waals surface area contributed by atoms with E-state index in [0.717, 1.165) is 23.2 Å². The molecule has 4 nitrogen and oxygen atoms in total. The van der Waals surface area contributed by atoms with Gasteiger partial charge < -0.3 is 14.8 Å². The van der Waals surface area contributed by atoms with Gasteiger partial charge in [0, 0.05) is 12.1 Å². The van der Waals surface area contributed by atoms with E-state index < -0.39 is 0 Å². The third-order valence-corrected chi connectivity index (χ3v) is 3.14. The number of nitrogens with one attached hydrogen (secondary N) is 1. The Kier molecular flexibility index (Phi) is 4.96. The van der Waals surface area contributed by atoms with Gasteiger partial charge in [0.2, 0.25) is 0 Å². The molecule has 0 aliphatic heterocycles. The molecular formula is C16H19NO3. The average molecular weight is 273 g/mol. The smallest absolute Gasteiger partial charge is 0.308 e. The molecule has 0 spiro atoms. The summed E-state index contributed by atoms with van der Waals surface area (Å²) < 4.78 is 10.3. The first-order chi connectivity index (χ1) is 9.76. The summed E-state index contributed by atoms with van der Waals surface area (Å²) in [5, 5.41) is 5.50. The molecule has 2 rings (SSSR count). The summed E-state index contributed by atoms with van der Waals surface area (Å²) in [5.74, 6) is 0.544. The molecule has 0 amide bonds. The highest BCUT2D eigenvalue weighted by Crippen LogP contribution is 2.28. The van der Waals surface area contributed by atoms with Gasteiger partial charge in [-0.3, -0.25) is 4.79 Å². The lowest BCUT2D eigenvalue weighted by Gasteiger charge is -2.14. The minimum absolute atomic E-state index is 0.252. The molecule has 4 heteroatoms. The Morgan fingerprint density at radius 2 is 2.00 bits per heavy atom. The van der Waals surface area contributed by atoms with E-state index in [1.807, 2.05) is 31.3 Å². The molecule has 20 heavy (non-hydrogen) atoms. The van der Waals surface area contributed by atoms with Gasteiger partial charge in [-0.05, 0) is 23.9 Å². The van der Waals surface area contributed by atoms with Crippen molar-refractivity contribution in [3.8, 4) is 5.75 Å². The topological polar surface area (TPSA) is 47.6 Å². The second kappa shape index (κ2) is 6.91. The number of rotatable bonds is 6. The predicted octanol–water partition coefficient (Wildman–Crippen LogP) is 2.50. The molecular weight excluding hydrogens is 254 g/mol. The van der Waals surface area contributed by atoms with Gasteiger partial charge in [-0.25, -0.2) is 0 Å². The minimum atomic E-state index is -0.263. The number of hydrogen-bond acceptors (Lipinski definition) is 4. The number of ether oxygens (including phenoxy) is 2. The Morgan fingerprint density at radius 3 is 2.75 bits per heavy atom. The first kappa shape index (κ1) is 14.3. The van der Waals surface area contributed by atoms with Crippen LogP contribution >= 0.6 is 0 Å². The van der Waals surface area contributed by atoms with Gasteiger partial charge in [-0.15, -0.1) is 0 Å². The average Bonchev–Trinajstić information content (AvgIpc) is 2.49. The first-order valence-electron chi connectivity index (χ1n) is 6.61. The maximum Gasteiger partial charge on any atom is 0.308 e. The van der Waals surface area contributed by atoms with Crippen molar-refractivity contribution in [1.82, 2.24) is 5.32 Å². The summed E-state index contributed by atoms with van der Waals surface area (Å²) in [6.07, 6.45) is 0.252. The number of esters is 1. The van der Waals surface area contributed by atoms with Crippen molar-refractivity contribution in [2.24, 2.45) is 0 Å². The summed E-state index contributed by atoms with van der Waals surface area (Å²) in [7, 11) is 3.28. The Morgan fingerprint density at radius 1 is 1.20 bits per heavy atom. The molecule has 0 heterocycles. The van der Waals surface area contributed by atoms with Crippen molar-refractivity contribution in [2.75, 3.05) is 20.8 Å². The fourth-order valence-electron chi connectivity index (χ4n) is 2.16. The predicted molar refractivity (Wildman–Crippen MR) is 78.8 cm³/mol. The summed E-state index contributed by atoms with van der Waals surface area (Å²) in [4.78, 5) is 11.1. The van der Waals surface area contributed by atoms with Crippen molar-refractivity contribution in [2.45, 2.75) is 13.0 Å². The molecule has 2 aromatic rings. The van der Waals surface area contributed by atoms with Gasteiger partial charge in [0.1, 0.15) is 5.75 Å². The van der Waals surface area contributed by atoms with Crippen LogP contribution in [0.3, 0.4) is 0 Å². The van der Waals surface area contributed by atoms with E-state index in [9.17, 15) is 4.79 Å². The van der Waals surface area contributed by atoms with Gasteiger partial charge in [-0.1, -0.05) is 30.3 Å². The van der Waals surface area contributed by atoms with Crippen LogP contribution in [0.15, 0.2) is 36.4 Å². The Bertz CT molecular complexity index is 595. The first-order valence-corrected chi connectivity index (χ1v) is 6.61. The van der Waals surface area contributed by atoms with Crippen LogP contribution in [0.5, 0.6) is 5.75 Å². The molecule has 0 bridgehead atoms. The fourth-order valence-corrected chi connectivity index (χ4v) is 2.16. The molecule has 0 saturated carbocycles.